The quantitative estimate of drug-likeness (QED) is 0.779. The van der Waals surface area contributed by atoms with Gasteiger partial charge in [-0.15, -0.1) is 11.3 Å². The van der Waals surface area contributed by atoms with Gasteiger partial charge in [0.2, 0.25) is 0 Å². The lowest BCUT2D eigenvalue weighted by atomic mass is 10.2. The molecule has 0 amide bonds. The average Bonchev–Trinajstić information content (AvgIpc) is 2.83. The molecule has 0 unspecified atom stereocenters. The van der Waals surface area contributed by atoms with Crippen molar-refractivity contribution in [2.24, 2.45) is 0 Å². The average molecular weight is 248 g/mol. The summed E-state index contributed by atoms with van der Waals surface area (Å²) in [6, 6.07) is 1.90. The molecule has 2 rings (SSSR count). The van der Waals surface area contributed by atoms with E-state index >= 15 is 0 Å². The van der Waals surface area contributed by atoms with Crippen molar-refractivity contribution in [3.63, 3.8) is 0 Å². The van der Waals surface area contributed by atoms with Gasteiger partial charge >= 0.3 is 0 Å². The van der Waals surface area contributed by atoms with E-state index < -0.39 is 0 Å². The monoisotopic (exact) mass is 248 g/mol. The molecule has 2 heterocycles. The van der Waals surface area contributed by atoms with Crippen molar-refractivity contribution >= 4 is 17.6 Å². The van der Waals surface area contributed by atoms with Crippen molar-refractivity contribution in [3.05, 3.63) is 34.1 Å². The summed E-state index contributed by atoms with van der Waals surface area (Å²) in [6.45, 7) is 8.21. The molecule has 17 heavy (non-hydrogen) atoms. The summed E-state index contributed by atoms with van der Waals surface area (Å²) in [6.07, 6.45) is 0.899. The maximum atomic E-state index is 10.9. The van der Waals surface area contributed by atoms with Gasteiger partial charge in [-0.2, -0.15) is 0 Å². The number of thiazole rings is 1. The molecular formula is C13H16N2OS. The predicted octanol–water partition coefficient (Wildman–Crippen LogP) is 3.49. The van der Waals surface area contributed by atoms with E-state index in [0.717, 1.165) is 34.1 Å². The van der Waals surface area contributed by atoms with Crippen molar-refractivity contribution in [1.29, 1.82) is 0 Å². The highest BCUT2D eigenvalue weighted by Gasteiger charge is 2.13. The Hall–Kier alpha value is -1.42. The maximum absolute atomic E-state index is 10.9. The van der Waals surface area contributed by atoms with E-state index in [4.69, 9.17) is 0 Å². The second-order valence-electron chi connectivity index (χ2n) is 4.49. The van der Waals surface area contributed by atoms with Crippen molar-refractivity contribution < 1.29 is 4.79 Å². The highest BCUT2D eigenvalue weighted by Crippen LogP contribution is 2.25. The first-order valence-electron chi connectivity index (χ1n) is 5.64. The van der Waals surface area contributed by atoms with Crippen LogP contribution in [0.15, 0.2) is 11.4 Å². The van der Waals surface area contributed by atoms with Gasteiger partial charge in [-0.05, 0) is 25.8 Å². The smallest absolute Gasteiger partial charge is 0.194 e. The molecule has 2 aromatic rings. The van der Waals surface area contributed by atoms with E-state index in [2.05, 4.69) is 24.2 Å². The summed E-state index contributed by atoms with van der Waals surface area (Å²) in [7, 11) is 0. The second kappa shape index (κ2) is 4.45. The van der Waals surface area contributed by atoms with Gasteiger partial charge in [0.25, 0.3) is 0 Å². The number of aromatic nitrogens is 2. The Kier molecular flexibility index (Phi) is 3.15. The molecule has 0 aliphatic carbocycles. The predicted molar refractivity (Wildman–Crippen MR) is 70.4 cm³/mol. The first kappa shape index (κ1) is 12.0. The molecule has 0 atom stereocenters. The summed E-state index contributed by atoms with van der Waals surface area (Å²) < 4.78 is 2.04. The van der Waals surface area contributed by atoms with Crippen LogP contribution >= 0.6 is 11.3 Å². The lowest BCUT2D eigenvalue weighted by Gasteiger charge is -2.04. The van der Waals surface area contributed by atoms with Crippen LogP contribution < -0.4 is 0 Å². The number of carbonyl (C=O) groups is 1. The SMILES string of the molecule is Cc1cc(C=O)c(C)n1-c1nc(C(C)C)cs1. The number of rotatable bonds is 3. The molecule has 0 fully saturated rings. The number of hydrogen-bond acceptors (Lipinski definition) is 3. The van der Waals surface area contributed by atoms with Gasteiger partial charge < -0.3 is 0 Å². The molecule has 2 aromatic heterocycles. The van der Waals surface area contributed by atoms with Gasteiger partial charge in [0.05, 0.1) is 5.69 Å². The number of aryl methyl sites for hydroxylation is 1. The molecule has 0 saturated heterocycles. The zero-order chi connectivity index (χ0) is 12.6. The molecule has 0 saturated carbocycles. The van der Waals surface area contributed by atoms with Crippen molar-refractivity contribution in [2.75, 3.05) is 0 Å². The van der Waals surface area contributed by atoms with Gasteiger partial charge in [-0.3, -0.25) is 9.36 Å². The molecule has 0 aliphatic heterocycles. The summed E-state index contributed by atoms with van der Waals surface area (Å²) >= 11 is 1.62. The van der Waals surface area contributed by atoms with Crippen molar-refractivity contribution in [2.45, 2.75) is 33.6 Å². The Morgan fingerprint density at radius 1 is 1.41 bits per heavy atom. The highest BCUT2D eigenvalue weighted by molar-refractivity contribution is 7.12. The van der Waals surface area contributed by atoms with Crippen molar-refractivity contribution in [1.82, 2.24) is 9.55 Å². The number of nitrogens with zero attached hydrogens (tertiary/aromatic N) is 2. The van der Waals surface area contributed by atoms with E-state index in [1.807, 2.05) is 24.5 Å². The maximum Gasteiger partial charge on any atom is 0.194 e. The topological polar surface area (TPSA) is 34.9 Å². The van der Waals surface area contributed by atoms with Gasteiger partial charge in [0, 0.05) is 22.3 Å². The molecular weight excluding hydrogens is 232 g/mol. The van der Waals surface area contributed by atoms with Gasteiger partial charge in [-0.25, -0.2) is 4.98 Å². The third-order valence-electron chi connectivity index (χ3n) is 2.89. The minimum Gasteiger partial charge on any atom is -0.298 e. The molecule has 0 aromatic carbocycles. The van der Waals surface area contributed by atoms with E-state index in [9.17, 15) is 4.79 Å². The third kappa shape index (κ3) is 2.05. The molecule has 0 N–H and O–H groups in total. The van der Waals surface area contributed by atoms with Gasteiger partial charge in [-0.1, -0.05) is 13.8 Å². The van der Waals surface area contributed by atoms with Crippen LogP contribution in [0.3, 0.4) is 0 Å². The summed E-state index contributed by atoms with van der Waals surface area (Å²) in [5.41, 5.74) is 3.85. The third-order valence-corrected chi connectivity index (χ3v) is 3.73. The first-order chi connectivity index (χ1) is 8.04. The molecule has 3 nitrogen and oxygen atoms in total. The zero-order valence-electron chi connectivity index (χ0n) is 10.5. The highest BCUT2D eigenvalue weighted by atomic mass is 32.1. The van der Waals surface area contributed by atoms with Crippen LogP contribution in [0.4, 0.5) is 0 Å². The fraction of sp³-hybridized carbons (Fsp3) is 0.385. The number of aldehydes is 1. The summed E-state index contributed by atoms with van der Waals surface area (Å²) in [5.74, 6) is 0.432. The standard InChI is InChI=1S/C13H16N2OS/c1-8(2)12-7-17-13(14-12)15-9(3)5-11(6-16)10(15)4/h5-8H,1-4H3. The molecule has 0 bridgehead atoms. The Morgan fingerprint density at radius 3 is 2.59 bits per heavy atom. The summed E-state index contributed by atoms with van der Waals surface area (Å²) in [5, 5.41) is 3.02. The number of hydrogen-bond donors (Lipinski definition) is 0. The molecule has 0 spiro atoms. The Morgan fingerprint density at radius 2 is 2.12 bits per heavy atom. The van der Waals surface area contributed by atoms with Crippen LogP contribution in [-0.4, -0.2) is 15.8 Å². The van der Waals surface area contributed by atoms with Crippen LogP contribution in [0, 0.1) is 13.8 Å². The second-order valence-corrected chi connectivity index (χ2v) is 5.33. The van der Waals surface area contributed by atoms with Gasteiger partial charge in [0.15, 0.2) is 11.4 Å². The van der Waals surface area contributed by atoms with E-state index in [-0.39, 0.29) is 0 Å². The van der Waals surface area contributed by atoms with Crippen LogP contribution in [0.1, 0.15) is 47.2 Å². The minimum atomic E-state index is 0.432. The minimum absolute atomic E-state index is 0.432. The zero-order valence-corrected chi connectivity index (χ0v) is 11.3. The van der Waals surface area contributed by atoms with E-state index in [1.54, 1.807) is 11.3 Å². The summed E-state index contributed by atoms with van der Waals surface area (Å²) in [4.78, 5) is 15.5. The van der Waals surface area contributed by atoms with Crippen molar-refractivity contribution in [3.8, 4) is 5.13 Å². The van der Waals surface area contributed by atoms with Crippen LogP contribution in [0.25, 0.3) is 5.13 Å². The van der Waals surface area contributed by atoms with Crippen LogP contribution in [-0.2, 0) is 0 Å². The fourth-order valence-electron chi connectivity index (χ4n) is 1.85. The molecule has 0 aliphatic rings. The van der Waals surface area contributed by atoms with Gasteiger partial charge in [0.1, 0.15) is 0 Å². The molecule has 90 valence electrons. The fourth-order valence-corrected chi connectivity index (χ4v) is 2.94. The van der Waals surface area contributed by atoms with Crippen LogP contribution in [0.2, 0.25) is 0 Å². The van der Waals surface area contributed by atoms with E-state index in [1.165, 1.54) is 0 Å². The van der Waals surface area contributed by atoms with E-state index in [0.29, 0.717) is 5.92 Å². The number of carbonyl (C=O) groups excluding carboxylic acids is 1. The molecule has 4 heteroatoms. The Bertz CT molecular complexity index is 552. The molecule has 0 radical (unpaired) electrons. The Labute approximate surface area is 105 Å². The first-order valence-corrected chi connectivity index (χ1v) is 6.52. The largest absolute Gasteiger partial charge is 0.298 e. The lowest BCUT2D eigenvalue weighted by molar-refractivity contribution is 0.112. The van der Waals surface area contributed by atoms with Crippen LogP contribution in [0.5, 0.6) is 0 Å². The Balaban J connectivity index is 2.52. The lowest BCUT2D eigenvalue weighted by Crippen LogP contribution is -1.99. The normalized spacial score (nSPS) is 11.1.